The molecule has 0 aliphatic heterocycles. The second kappa shape index (κ2) is 11.6. The lowest BCUT2D eigenvalue weighted by molar-refractivity contribution is 0.317. The van der Waals surface area contributed by atoms with Crippen molar-refractivity contribution in [2.45, 2.75) is 11.3 Å². The fourth-order valence-corrected chi connectivity index (χ4v) is 3.71. The van der Waals surface area contributed by atoms with E-state index in [1.165, 1.54) is 11.0 Å². The van der Waals surface area contributed by atoms with Crippen LogP contribution in [0.2, 0.25) is 10.0 Å². The molecule has 2 nitrogen and oxygen atoms in total. The van der Waals surface area contributed by atoms with Gasteiger partial charge in [0, 0.05) is 27.3 Å². The Balaban J connectivity index is 1.79. The topological polar surface area (TPSA) is 18.5 Å². The fraction of sp³-hybridized carbons (Fsp3) is 0.222. The van der Waals surface area contributed by atoms with Crippen molar-refractivity contribution in [3.05, 3.63) is 61.5 Å². The molecule has 0 fully saturated rings. The molecule has 0 heterocycles. The smallest absolute Gasteiger partial charge is 0.156 e. The van der Waals surface area contributed by atoms with Crippen LogP contribution in [0.1, 0.15) is 6.42 Å². The monoisotopic (exact) mass is 514 g/mol. The quantitative estimate of drug-likeness (QED) is 0.248. The van der Waals surface area contributed by atoms with Crippen molar-refractivity contribution in [2.24, 2.45) is 0 Å². The van der Waals surface area contributed by atoms with Crippen molar-refractivity contribution in [3.63, 3.8) is 0 Å². The van der Waals surface area contributed by atoms with E-state index < -0.39 is 0 Å². The molecule has 0 N–H and O–H groups in total. The molecule has 0 aromatic heterocycles. The van der Waals surface area contributed by atoms with Gasteiger partial charge >= 0.3 is 0 Å². The molecule has 0 unspecified atom stereocenters. The van der Waals surface area contributed by atoms with E-state index in [1.807, 2.05) is 12.1 Å². The van der Waals surface area contributed by atoms with Crippen LogP contribution >= 0.6 is 74.1 Å². The maximum absolute atomic E-state index is 6.23. The second-order valence-electron chi connectivity index (χ2n) is 5.03. The van der Waals surface area contributed by atoms with Gasteiger partial charge in [-0.3, -0.25) is 0 Å². The number of rotatable bonds is 9. The highest BCUT2D eigenvalue weighted by molar-refractivity contribution is 9.10. The molecule has 2 aromatic rings. The minimum absolute atomic E-state index is 0.142. The summed E-state index contributed by atoms with van der Waals surface area (Å²) in [4.78, 5) is 1.22. The van der Waals surface area contributed by atoms with Crippen LogP contribution in [0.15, 0.2) is 56.3 Å². The highest BCUT2D eigenvalue weighted by Gasteiger charge is 2.10. The average molecular weight is 517 g/mol. The van der Waals surface area contributed by atoms with Crippen molar-refractivity contribution in [1.29, 1.82) is 0 Å². The normalized spacial score (nSPS) is 10.5. The summed E-state index contributed by atoms with van der Waals surface area (Å²) in [7, 11) is 0. The Morgan fingerprint density at radius 1 is 1.04 bits per heavy atom. The number of halogens is 5. The van der Waals surface area contributed by atoms with Gasteiger partial charge in [-0.05, 0) is 36.8 Å². The third-order valence-corrected chi connectivity index (χ3v) is 5.57. The third-order valence-electron chi connectivity index (χ3n) is 3.08. The zero-order chi connectivity index (χ0) is 18.9. The first-order valence-electron chi connectivity index (χ1n) is 7.60. The van der Waals surface area contributed by atoms with Crippen LogP contribution in [0.3, 0.4) is 0 Å². The molecule has 0 aliphatic carbocycles. The molecule has 0 saturated heterocycles. The highest BCUT2D eigenvalue weighted by atomic mass is 79.9. The van der Waals surface area contributed by atoms with Gasteiger partial charge in [-0.1, -0.05) is 62.3 Å². The molecule has 2 rings (SSSR count). The summed E-state index contributed by atoms with van der Waals surface area (Å²) in [6, 6.07) is 11.5. The van der Waals surface area contributed by atoms with Crippen LogP contribution in [0.4, 0.5) is 0 Å². The molecule has 8 heteroatoms. The summed E-state index contributed by atoms with van der Waals surface area (Å²) < 4.78 is 12.4. The van der Waals surface area contributed by atoms with E-state index in [-0.39, 0.29) is 11.1 Å². The number of benzene rings is 2. The summed E-state index contributed by atoms with van der Waals surface area (Å²) in [6.07, 6.45) is 2.39. The van der Waals surface area contributed by atoms with E-state index >= 15 is 0 Å². The summed E-state index contributed by atoms with van der Waals surface area (Å²) >= 11 is 28.7. The number of ether oxygens (including phenoxy) is 2. The van der Waals surface area contributed by atoms with Gasteiger partial charge in [0.15, 0.2) is 5.75 Å². The van der Waals surface area contributed by atoms with Crippen LogP contribution < -0.4 is 9.47 Å². The molecule has 26 heavy (non-hydrogen) atoms. The zero-order valence-electron chi connectivity index (χ0n) is 13.5. The van der Waals surface area contributed by atoms with Crippen LogP contribution in [-0.4, -0.2) is 19.0 Å². The summed E-state index contributed by atoms with van der Waals surface area (Å²) in [5.74, 6) is 1.91. The van der Waals surface area contributed by atoms with Gasteiger partial charge in [-0.15, -0.1) is 11.8 Å². The van der Waals surface area contributed by atoms with Crippen molar-refractivity contribution in [1.82, 2.24) is 0 Å². The Labute approximate surface area is 185 Å². The van der Waals surface area contributed by atoms with Gasteiger partial charge in [-0.2, -0.15) is 0 Å². The summed E-state index contributed by atoms with van der Waals surface area (Å²) in [6.45, 7) is 0.746. The molecule has 0 aliphatic rings. The van der Waals surface area contributed by atoms with Gasteiger partial charge in [0.2, 0.25) is 0 Å². The van der Waals surface area contributed by atoms with E-state index in [0.29, 0.717) is 28.2 Å². The van der Waals surface area contributed by atoms with Crippen molar-refractivity contribution >= 4 is 74.1 Å². The Bertz CT molecular complexity index is 726. The molecule has 0 atom stereocenters. The average Bonchev–Trinajstić information content (AvgIpc) is 2.58. The Kier molecular flexibility index (Phi) is 9.82. The molecule has 0 amide bonds. The maximum atomic E-state index is 6.23. The first-order valence-corrected chi connectivity index (χ1v) is 10.9. The van der Waals surface area contributed by atoms with Crippen LogP contribution in [0, 0.1) is 0 Å². The lowest BCUT2D eigenvalue weighted by Crippen LogP contribution is -2.01. The maximum Gasteiger partial charge on any atom is 0.156 e. The van der Waals surface area contributed by atoms with E-state index in [1.54, 1.807) is 23.9 Å². The number of hydrogen-bond donors (Lipinski definition) is 0. The SMILES string of the molecule is ClC(Cl)=CCOc1cc(Cl)c(OCCCSc2ccc(Br)cc2)c(Cl)c1. The van der Waals surface area contributed by atoms with Crippen LogP contribution in [-0.2, 0) is 0 Å². The van der Waals surface area contributed by atoms with E-state index in [9.17, 15) is 0 Å². The summed E-state index contributed by atoms with van der Waals surface area (Å²) in [5.41, 5.74) is 0. The Morgan fingerprint density at radius 3 is 2.31 bits per heavy atom. The second-order valence-corrected chi connectivity index (χ2v) is 8.93. The molecule has 0 spiro atoms. The lowest BCUT2D eigenvalue weighted by atomic mass is 10.3. The van der Waals surface area contributed by atoms with E-state index in [0.717, 1.165) is 16.6 Å². The van der Waals surface area contributed by atoms with Gasteiger partial charge in [0.1, 0.15) is 16.8 Å². The first-order chi connectivity index (χ1) is 12.5. The standard InChI is InChI=1S/C18H15BrCl4O2S/c19-12-2-4-14(5-3-12)26-9-1-7-25-18-15(20)10-13(11-16(18)21)24-8-6-17(22)23/h2-6,10-11H,1,7-9H2. The van der Waals surface area contributed by atoms with Crippen molar-refractivity contribution < 1.29 is 9.47 Å². The largest absolute Gasteiger partial charge is 0.490 e. The molecular weight excluding hydrogens is 502 g/mol. The Morgan fingerprint density at radius 2 is 1.69 bits per heavy atom. The van der Waals surface area contributed by atoms with Gasteiger partial charge < -0.3 is 9.47 Å². The molecule has 0 radical (unpaired) electrons. The predicted octanol–water partition coefficient (Wildman–Crippen LogP) is 8.01. The Hall–Kier alpha value is -0.230. The predicted molar refractivity (Wildman–Crippen MR) is 117 cm³/mol. The van der Waals surface area contributed by atoms with Gasteiger partial charge in [0.25, 0.3) is 0 Å². The van der Waals surface area contributed by atoms with E-state index in [4.69, 9.17) is 55.9 Å². The minimum atomic E-state index is 0.142. The highest BCUT2D eigenvalue weighted by Crippen LogP contribution is 2.37. The van der Waals surface area contributed by atoms with Crippen LogP contribution in [0.5, 0.6) is 11.5 Å². The van der Waals surface area contributed by atoms with Crippen molar-refractivity contribution in [2.75, 3.05) is 19.0 Å². The van der Waals surface area contributed by atoms with Crippen molar-refractivity contribution in [3.8, 4) is 11.5 Å². The molecular formula is C18H15BrCl4O2S. The van der Waals surface area contributed by atoms with Gasteiger partial charge in [-0.25, -0.2) is 0 Å². The van der Waals surface area contributed by atoms with Gasteiger partial charge in [0.05, 0.1) is 16.7 Å². The molecule has 0 bridgehead atoms. The number of hydrogen-bond acceptors (Lipinski definition) is 3. The summed E-state index contributed by atoms with van der Waals surface area (Å²) in [5, 5.41) is 0.794. The molecule has 140 valence electrons. The molecule has 2 aromatic carbocycles. The van der Waals surface area contributed by atoms with E-state index in [2.05, 4.69) is 28.1 Å². The number of thioether (sulfide) groups is 1. The lowest BCUT2D eigenvalue weighted by Gasteiger charge is -2.12. The zero-order valence-corrected chi connectivity index (χ0v) is 18.9. The first kappa shape index (κ1) is 22.1. The third kappa shape index (κ3) is 7.79. The minimum Gasteiger partial charge on any atom is -0.490 e. The van der Waals surface area contributed by atoms with Crippen LogP contribution in [0.25, 0.3) is 0 Å². The fourth-order valence-electron chi connectivity index (χ4n) is 1.91. The molecule has 0 saturated carbocycles.